The van der Waals surface area contributed by atoms with E-state index in [0.29, 0.717) is 17.9 Å². The lowest BCUT2D eigenvalue weighted by Gasteiger charge is -2.49. The number of hydrogen-bond acceptors (Lipinski definition) is 7. The Hall–Kier alpha value is -2.48. The van der Waals surface area contributed by atoms with Gasteiger partial charge in [-0.25, -0.2) is 5.01 Å². The van der Waals surface area contributed by atoms with E-state index in [1.165, 1.54) is 28.7 Å². The van der Waals surface area contributed by atoms with E-state index in [0.717, 1.165) is 68.3 Å². The Labute approximate surface area is 215 Å². The van der Waals surface area contributed by atoms with Crippen LogP contribution in [0.3, 0.4) is 0 Å². The average Bonchev–Trinajstić information content (AvgIpc) is 2.92. The molecule has 3 heterocycles. The van der Waals surface area contributed by atoms with Crippen molar-refractivity contribution in [3.63, 3.8) is 0 Å². The molecule has 5 rings (SSSR count). The van der Waals surface area contributed by atoms with Crippen LogP contribution >= 0.6 is 0 Å². The molecular formula is C29H41N3O4. The highest BCUT2D eigenvalue weighted by atomic mass is 16.5. The van der Waals surface area contributed by atoms with Crippen molar-refractivity contribution in [2.24, 2.45) is 17.7 Å². The minimum atomic E-state index is 0.174. The van der Waals surface area contributed by atoms with Gasteiger partial charge in [0.25, 0.3) is 0 Å². The number of hydrogen-bond donors (Lipinski definition) is 1. The highest BCUT2D eigenvalue weighted by Crippen LogP contribution is 2.48. The lowest BCUT2D eigenvalue weighted by atomic mass is 9.72. The van der Waals surface area contributed by atoms with Crippen molar-refractivity contribution in [2.45, 2.75) is 51.1 Å². The number of nitrogens with two attached hydrogens (primary N) is 1. The number of piperidine rings is 1. The smallest absolute Gasteiger partial charge is 0.161 e. The van der Waals surface area contributed by atoms with E-state index < -0.39 is 0 Å². The topological polar surface area (TPSA) is 69.4 Å². The Balaban J connectivity index is 1.46. The third-order valence-electron chi connectivity index (χ3n) is 8.87. The molecule has 196 valence electrons. The molecule has 0 bridgehead atoms. The molecule has 7 nitrogen and oxygen atoms in total. The summed E-state index contributed by atoms with van der Waals surface area (Å²) in [7, 11) is 6.84. The van der Waals surface area contributed by atoms with Gasteiger partial charge in [-0.3, -0.25) is 10.7 Å². The van der Waals surface area contributed by atoms with Gasteiger partial charge in [-0.15, -0.1) is 0 Å². The number of hydrazine groups is 1. The molecule has 0 amide bonds. The number of methoxy groups -OCH3 is 4. The Morgan fingerprint density at radius 1 is 0.778 bits per heavy atom. The summed E-state index contributed by atoms with van der Waals surface area (Å²) in [6.45, 7) is 5.43. The Morgan fingerprint density at radius 3 is 1.94 bits per heavy atom. The first-order valence-electron chi connectivity index (χ1n) is 13.3. The van der Waals surface area contributed by atoms with Gasteiger partial charge in [-0.1, -0.05) is 13.3 Å². The van der Waals surface area contributed by atoms with Crippen molar-refractivity contribution in [1.29, 1.82) is 0 Å². The van der Waals surface area contributed by atoms with Crippen molar-refractivity contribution >= 4 is 0 Å². The second-order valence-electron chi connectivity index (χ2n) is 10.5. The van der Waals surface area contributed by atoms with E-state index in [9.17, 15) is 0 Å². The van der Waals surface area contributed by atoms with Crippen molar-refractivity contribution in [1.82, 2.24) is 9.91 Å². The summed E-state index contributed by atoms with van der Waals surface area (Å²) in [4.78, 5) is 2.70. The molecule has 36 heavy (non-hydrogen) atoms. The predicted octanol–water partition coefficient (Wildman–Crippen LogP) is 4.53. The van der Waals surface area contributed by atoms with Crippen molar-refractivity contribution in [2.75, 3.05) is 48.1 Å². The Kier molecular flexibility index (Phi) is 7.33. The number of rotatable bonds is 7. The molecule has 0 unspecified atom stereocenters. The molecule has 4 atom stereocenters. The van der Waals surface area contributed by atoms with E-state index in [1.54, 1.807) is 28.4 Å². The van der Waals surface area contributed by atoms with Crippen LogP contribution in [0.4, 0.5) is 0 Å². The maximum absolute atomic E-state index is 6.66. The van der Waals surface area contributed by atoms with Gasteiger partial charge in [0, 0.05) is 31.7 Å². The quantitative estimate of drug-likeness (QED) is 0.566. The molecule has 1 saturated heterocycles. The fourth-order valence-electron chi connectivity index (χ4n) is 6.85. The standard InChI is InChI=1S/C29H41N3O4/c1-6-18-17-31-9-7-19-13-26(33-2)28(35-4)15-22(19)24(31)11-21(18)12-25-23-16-29(36-5)27(34-3)14-20(23)8-10-32(25)30/h13-16,18,21,24-25H,6-12,17,30H2,1-5H3/t18-,21+,24-,25+/m0/s1. The minimum absolute atomic E-state index is 0.174. The normalized spacial score (nSPS) is 25.9. The zero-order valence-corrected chi connectivity index (χ0v) is 22.4. The second-order valence-corrected chi connectivity index (χ2v) is 10.5. The lowest BCUT2D eigenvalue weighted by Crippen LogP contribution is -2.48. The van der Waals surface area contributed by atoms with Crippen LogP contribution in [0.25, 0.3) is 0 Å². The molecule has 0 aliphatic carbocycles. The van der Waals surface area contributed by atoms with E-state index in [1.807, 2.05) is 0 Å². The minimum Gasteiger partial charge on any atom is -0.493 e. The average molecular weight is 496 g/mol. The second kappa shape index (κ2) is 10.5. The number of benzene rings is 2. The highest BCUT2D eigenvalue weighted by Gasteiger charge is 2.41. The van der Waals surface area contributed by atoms with Crippen molar-refractivity contribution in [3.8, 4) is 23.0 Å². The van der Waals surface area contributed by atoms with Crippen LogP contribution in [0.1, 0.15) is 60.5 Å². The lowest BCUT2D eigenvalue weighted by molar-refractivity contribution is 0.0306. The number of fused-ring (bicyclic) bond motifs is 4. The summed E-state index contributed by atoms with van der Waals surface area (Å²) in [5.41, 5.74) is 5.40. The van der Waals surface area contributed by atoms with Gasteiger partial charge in [0.1, 0.15) is 0 Å². The molecule has 7 heteroatoms. The predicted molar refractivity (Wildman–Crippen MR) is 141 cm³/mol. The van der Waals surface area contributed by atoms with Crippen molar-refractivity contribution in [3.05, 3.63) is 46.5 Å². The van der Waals surface area contributed by atoms with Crippen LogP contribution in [-0.4, -0.2) is 58.0 Å². The Morgan fingerprint density at radius 2 is 1.33 bits per heavy atom. The highest BCUT2D eigenvalue weighted by molar-refractivity contribution is 5.50. The number of nitrogens with zero attached hydrogens (tertiary/aromatic N) is 2. The van der Waals surface area contributed by atoms with Crippen LogP contribution in [0.2, 0.25) is 0 Å². The molecule has 0 radical (unpaired) electrons. The summed E-state index contributed by atoms with van der Waals surface area (Å²) >= 11 is 0. The fourth-order valence-corrected chi connectivity index (χ4v) is 6.85. The van der Waals surface area contributed by atoms with E-state index in [-0.39, 0.29) is 6.04 Å². The first kappa shape index (κ1) is 25.2. The summed E-state index contributed by atoms with van der Waals surface area (Å²) in [5, 5.41) is 2.05. The van der Waals surface area contributed by atoms with Gasteiger partial charge in [0.05, 0.1) is 28.4 Å². The van der Waals surface area contributed by atoms with Gasteiger partial charge >= 0.3 is 0 Å². The Bertz CT molecular complexity index is 1090. The fraction of sp³-hybridized carbons (Fsp3) is 0.586. The van der Waals surface area contributed by atoms with Gasteiger partial charge in [0.2, 0.25) is 0 Å². The van der Waals surface area contributed by atoms with E-state index >= 15 is 0 Å². The van der Waals surface area contributed by atoms with E-state index in [4.69, 9.17) is 24.8 Å². The van der Waals surface area contributed by atoms with Gasteiger partial charge < -0.3 is 18.9 Å². The van der Waals surface area contributed by atoms with Crippen LogP contribution in [0, 0.1) is 11.8 Å². The maximum Gasteiger partial charge on any atom is 0.161 e. The third-order valence-corrected chi connectivity index (χ3v) is 8.87. The molecule has 0 aromatic heterocycles. The molecule has 3 aliphatic heterocycles. The van der Waals surface area contributed by atoms with Crippen molar-refractivity contribution < 1.29 is 18.9 Å². The summed E-state index contributed by atoms with van der Waals surface area (Å²) in [6.07, 6.45) is 5.35. The molecule has 2 N–H and O–H groups in total. The molecule has 3 aliphatic rings. The van der Waals surface area contributed by atoms with Crippen LogP contribution < -0.4 is 24.8 Å². The summed E-state index contributed by atoms with van der Waals surface area (Å²) < 4.78 is 22.5. The largest absolute Gasteiger partial charge is 0.493 e. The van der Waals surface area contributed by atoms with Gasteiger partial charge in [-0.2, -0.15) is 0 Å². The van der Waals surface area contributed by atoms with E-state index in [2.05, 4.69) is 41.1 Å². The first-order valence-corrected chi connectivity index (χ1v) is 13.3. The zero-order chi connectivity index (χ0) is 25.4. The van der Waals surface area contributed by atoms with Gasteiger partial charge in [-0.05, 0) is 84.0 Å². The SMILES string of the molecule is CC[C@H]1CN2CCc3cc(OC)c(OC)cc3[C@@H]2C[C@@H]1C[C@@H]1c2cc(OC)c(OC)cc2CCN1N. The van der Waals surface area contributed by atoms with Crippen LogP contribution in [0.5, 0.6) is 23.0 Å². The summed E-state index contributed by atoms with van der Waals surface area (Å²) in [6, 6.07) is 9.28. The molecular weight excluding hydrogens is 454 g/mol. The molecule has 2 aromatic carbocycles. The maximum atomic E-state index is 6.66. The molecule has 0 saturated carbocycles. The molecule has 0 spiro atoms. The third kappa shape index (κ3) is 4.42. The van der Waals surface area contributed by atoms with Gasteiger partial charge in [0.15, 0.2) is 23.0 Å². The molecule has 1 fully saturated rings. The monoisotopic (exact) mass is 495 g/mol. The van der Waals surface area contributed by atoms with Crippen LogP contribution in [-0.2, 0) is 12.8 Å². The van der Waals surface area contributed by atoms with Crippen LogP contribution in [0.15, 0.2) is 24.3 Å². The molecule has 2 aromatic rings. The zero-order valence-electron chi connectivity index (χ0n) is 22.4. The number of ether oxygens (including phenoxy) is 4. The first-order chi connectivity index (χ1) is 17.5. The summed E-state index contributed by atoms with van der Waals surface area (Å²) in [5.74, 6) is 11.1.